The number of benzene rings is 3. The summed E-state index contributed by atoms with van der Waals surface area (Å²) < 4.78 is 10.4. The first-order valence-corrected chi connectivity index (χ1v) is 14.5. The molecule has 43 heavy (non-hydrogen) atoms. The molecule has 1 saturated heterocycles. The van der Waals surface area contributed by atoms with Crippen molar-refractivity contribution in [2.45, 2.75) is 38.6 Å². The van der Waals surface area contributed by atoms with E-state index in [0.29, 0.717) is 17.9 Å². The van der Waals surface area contributed by atoms with Crippen molar-refractivity contribution in [3.8, 4) is 0 Å². The van der Waals surface area contributed by atoms with Gasteiger partial charge in [-0.15, -0.1) is 0 Å². The summed E-state index contributed by atoms with van der Waals surface area (Å²) in [6, 6.07) is 20.8. The van der Waals surface area contributed by atoms with E-state index < -0.39 is 54.1 Å². The molecular weight excluding hydrogens is 548 g/mol. The molecule has 220 valence electrons. The lowest BCUT2D eigenvalue weighted by Gasteiger charge is -2.45. The normalized spacial score (nSPS) is 22.0. The maximum atomic E-state index is 13.8. The summed E-state index contributed by atoms with van der Waals surface area (Å²) in [6.07, 6.45) is 0. The van der Waals surface area contributed by atoms with Crippen LogP contribution in [0, 0.1) is 17.8 Å². The van der Waals surface area contributed by atoms with Crippen LogP contribution in [0.15, 0.2) is 72.8 Å². The van der Waals surface area contributed by atoms with E-state index >= 15 is 0 Å². The molecule has 0 radical (unpaired) electrons. The molecule has 7 rings (SSSR count). The Bertz CT molecular complexity index is 1510. The zero-order valence-electron chi connectivity index (χ0n) is 24.1. The fourth-order valence-electron chi connectivity index (χ4n) is 6.66. The molecule has 9 heteroatoms. The van der Waals surface area contributed by atoms with Gasteiger partial charge in [0.2, 0.25) is 11.8 Å². The van der Waals surface area contributed by atoms with Crippen LogP contribution in [0.25, 0.3) is 0 Å². The van der Waals surface area contributed by atoms with E-state index in [2.05, 4.69) is 5.32 Å². The van der Waals surface area contributed by atoms with Crippen LogP contribution in [0.2, 0.25) is 0 Å². The molecule has 0 unspecified atom stereocenters. The minimum Gasteiger partial charge on any atom is -0.462 e. The van der Waals surface area contributed by atoms with E-state index in [0.717, 1.165) is 27.2 Å². The van der Waals surface area contributed by atoms with Crippen LogP contribution in [0.1, 0.15) is 65.2 Å². The predicted molar refractivity (Wildman–Crippen MR) is 156 cm³/mol. The summed E-state index contributed by atoms with van der Waals surface area (Å²) >= 11 is 0. The molecule has 1 N–H and O–H groups in total. The van der Waals surface area contributed by atoms with Crippen molar-refractivity contribution >= 4 is 35.3 Å². The molecule has 1 heterocycles. The first kappa shape index (κ1) is 28.3. The van der Waals surface area contributed by atoms with Gasteiger partial charge in [0.1, 0.15) is 6.04 Å². The van der Waals surface area contributed by atoms with Crippen LogP contribution in [-0.4, -0.2) is 53.8 Å². The number of esters is 2. The van der Waals surface area contributed by atoms with Gasteiger partial charge in [-0.05, 0) is 59.4 Å². The molecule has 3 atom stereocenters. The molecule has 9 nitrogen and oxygen atoms in total. The standard InChI is InChI=1S/C34H32N2O7/c1-18(2)16-42-34(41)20-12-14-21(15-13-20)35-26(37)17-43-33(40)19(3)36-31(38)29-27-22-8-4-5-9-23(22)28(30(29)32(36)39)25-11-7-6-10-24(25)27/h4-15,18-19,27-30H,16-17H2,1-3H3,(H,35,37)/t19-,27?,28?,29-,30+/m1/s1. The van der Waals surface area contributed by atoms with Crippen molar-refractivity contribution in [2.75, 3.05) is 18.5 Å². The van der Waals surface area contributed by atoms with Crippen molar-refractivity contribution in [3.05, 3.63) is 101 Å². The minimum absolute atomic E-state index is 0.211. The number of nitrogens with zero attached hydrogens (tertiary/aromatic N) is 1. The van der Waals surface area contributed by atoms with Crippen molar-refractivity contribution in [3.63, 3.8) is 0 Å². The molecule has 0 spiro atoms. The second-order valence-corrected chi connectivity index (χ2v) is 11.7. The number of rotatable bonds is 8. The summed E-state index contributed by atoms with van der Waals surface area (Å²) in [5, 5.41) is 2.60. The van der Waals surface area contributed by atoms with Gasteiger partial charge in [-0.1, -0.05) is 62.4 Å². The Labute approximate surface area is 249 Å². The van der Waals surface area contributed by atoms with Crippen LogP contribution in [0.5, 0.6) is 0 Å². The molecule has 1 aliphatic heterocycles. The lowest BCUT2D eigenvalue weighted by Crippen LogP contribution is -2.45. The Hall–Kier alpha value is -4.79. The highest BCUT2D eigenvalue weighted by Crippen LogP contribution is 2.61. The first-order valence-electron chi connectivity index (χ1n) is 14.5. The number of nitrogens with one attached hydrogen (secondary N) is 1. The second-order valence-electron chi connectivity index (χ2n) is 11.7. The molecular formula is C34H32N2O7. The van der Waals surface area contributed by atoms with Crippen molar-refractivity contribution in [1.82, 2.24) is 4.90 Å². The van der Waals surface area contributed by atoms with Gasteiger partial charge >= 0.3 is 11.9 Å². The maximum absolute atomic E-state index is 13.8. The largest absolute Gasteiger partial charge is 0.462 e. The van der Waals surface area contributed by atoms with Gasteiger partial charge in [0.15, 0.2) is 6.61 Å². The van der Waals surface area contributed by atoms with Gasteiger partial charge in [-0.25, -0.2) is 9.59 Å². The third-order valence-electron chi connectivity index (χ3n) is 8.51. The monoisotopic (exact) mass is 580 g/mol. The van der Waals surface area contributed by atoms with Crippen LogP contribution < -0.4 is 5.32 Å². The number of hydrogen-bond donors (Lipinski definition) is 1. The quantitative estimate of drug-likeness (QED) is 0.312. The number of amides is 3. The lowest BCUT2D eigenvalue weighted by molar-refractivity contribution is -0.159. The first-order chi connectivity index (χ1) is 20.7. The van der Waals surface area contributed by atoms with Crippen molar-refractivity contribution in [1.29, 1.82) is 0 Å². The number of hydrogen-bond acceptors (Lipinski definition) is 7. The maximum Gasteiger partial charge on any atom is 0.338 e. The molecule has 4 aliphatic rings. The Balaban J connectivity index is 1.11. The molecule has 3 aromatic rings. The smallest absolute Gasteiger partial charge is 0.338 e. The van der Waals surface area contributed by atoms with Gasteiger partial charge in [0, 0.05) is 17.5 Å². The Morgan fingerprint density at radius 3 is 1.70 bits per heavy atom. The van der Waals surface area contributed by atoms with Crippen LogP contribution in [0.4, 0.5) is 5.69 Å². The van der Waals surface area contributed by atoms with E-state index in [1.54, 1.807) is 12.1 Å². The summed E-state index contributed by atoms with van der Waals surface area (Å²) in [7, 11) is 0. The number of carbonyl (C=O) groups is 5. The summed E-state index contributed by atoms with van der Waals surface area (Å²) in [5.74, 6) is -4.25. The molecule has 0 saturated carbocycles. The van der Waals surface area contributed by atoms with E-state index in [1.165, 1.54) is 19.1 Å². The average molecular weight is 581 g/mol. The molecule has 3 amide bonds. The summed E-state index contributed by atoms with van der Waals surface area (Å²) in [4.78, 5) is 66.3. The molecule has 1 fully saturated rings. The van der Waals surface area contributed by atoms with E-state index in [9.17, 15) is 24.0 Å². The highest BCUT2D eigenvalue weighted by molar-refractivity contribution is 6.10. The van der Waals surface area contributed by atoms with Crippen molar-refractivity contribution in [2.24, 2.45) is 17.8 Å². The highest BCUT2D eigenvalue weighted by atomic mass is 16.5. The SMILES string of the molecule is CC(C)COC(=O)c1ccc(NC(=O)COC(=O)[C@@H](C)N2C(=O)[C@@H]3C4c5ccccc5C(c5ccccc54)[C@@H]3C2=O)cc1. The number of ether oxygens (including phenoxy) is 2. The average Bonchev–Trinajstić information content (AvgIpc) is 3.28. The number of carbonyl (C=O) groups excluding carboxylic acids is 5. The van der Waals surface area contributed by atoms with E-state index in [-0.39, 0.29) is 17.8 Å². The van der Waals surface area contributed by atoms with Crippen LogP contribution >= 0.6 is 0 Å². The summed E-state index contributed by atoms with van der Waals surface area (Å²) in [5.41, 5.74) is 4.92. The molecule has 3 aliphatic carbocycles. The lowest BCUT2D eigenvalue weighted by atomic mass is 9.55. The van der Waals surface area contributed by atoms with Gasteiger partial charge in [-0.3, -0.25) is 19.3 Å². The topological polar surface area (TPSA) is 119 Å². The van der Waals surface area contributed by atoms with E-state index in [1.807, 2.05) is 62.4 Å². The Kier molecular flexibility index (Phi) is 7.33. The molecule has 3 aromatic carbocycles. The summed E-state index contributed by atoms with van der Waals surface area (Å²) in [6.45, 7) is 5.03. The number of likely N-dealkylation sites (tertiary alicyclic amines) is 1. The third-order valence-corrected chi connectivity index (χ3v) is 8.51. The number of imide groups is 1. The Morgan fingerprint density at radius 2 is 1.23 bits per heavy atom. The number of anilines is 1. The van der Waals surface area contributed by atoms with Gasteiger partial charge in [0.25, 0.3) is 5.91 Å². The Morgan fingerprint density at radius 1 is 0.744 bits per heavy atom. The zero-order chi connectivity index (χ0) is 30.4. The minimum atomic E-state index is -1.19. The van der Waals surface area contributed by atoms with Gasteiger partial charge in [0.05, 0.1) is 24.0 Å². The third kappa shape index (κ3) is 4.88. The fourth-order valence-corrected chi connectivity index (χ4v) is 6.66. The fraction of sp³-hybridized carbons (Fsp3) is 0.324. The predicted octanol–water partition coefficient (Wildman–Crippen LogP) is 4.26. The molecule has 0 aromatic heterocycles. The second kappa shape index (κ2) is 11.1. The zero-order valence-corrected chi connectivity index (χ0v) is 24.1. The van der Waals surface area contributed by atoms with Crippen LogP contribution in [-0.2, 0) is 28.7 Å². The van der Waals surface area contributed by atoms with Gasteiger partial charge in [-0.2, -0.15) is 0 Å². The highest BCUT2D eigenvalue weighted by Gasteiger charge is 2.62. The van der Waals surface area contributed by atoms with Crippen LogP contribution in [0.3, 0.4) is 0 Å². The van der Waals surface area contributed by atoms with E-state index in [4.69, 9.17) is 9.47 Å². The van der Waals surface area contributed by atoms with Gasteiger partial charge < -0.3 is 14.8 Å². The van der Waals surface area contributed by atoms with Crippen molar-refractivity contribution < 1.29 is 33.4 Å². The molecule has 2 bridgehead atoms.